The molecule has 2 aromatic rings. The maximum atomic E-state index is 6.02. The van der Waals surface area contributed by atoms with Crippen LogP contribution in [0.4, 0.5) is 0 Å². The van der Waals surface area contributed by atoms with Gasteiger partial charge in [0.05, 0.1) is 5.02 Å². The molecule has 0 heterocycles. The third-order valence-electron chi connectivity index (χ3n) is 2.88. The summed E-state index contributed by atoms with van der Waals surface area (Å²) in [5, 5.41) is 1.12. The lowest BCUT2D eigenvalue weighted by Crippen LogP contribution is -2.11. The Hall–Kier alpha value is -1.42. The highest BCUT2D eigenvalue weighted by atomic mass is 35.5. The minimum absolute atomic E-state index is 0.386. The molecular formula is C16H17Cl2NO2. The Morgan fingerprint density at radius 1 is 0.905 bits per heavy atom. The van der Waals surface area contributed by atoms with Crippen LogP contribution in [0.2, 0.25) is 10.0 Å². The Balaban J connectivity index is 1.86. The minimum atomic E-state index is 0.386. The largest absolute Gasteiger partial charge is 0.490 e. The van der Waals surface area contributed by atoms with Gasteiger partial charge < -0.3 is 15.2 Å². The zero-order valence-corrected chi connectivity index (χ0v) is 13.0. The van der Waals surface area contributed by atoms with Crippen molar-refractivity contribution in [1.82, 2.24) is 0 Å². The highest BCUT2D eigenvalue weighted by Gasteiger charge is 2.04. The second kappa shape index (κ2) is 8.13. The summed E-state index contributed by atoms with van der Waals surface area (Å²) in [7, 11) is 0. The molecule has 3 nitrogen and oxygen atoms in total. The summed E-state index contributed by atoms with van der Waals surface area (Å²) in [4.78, 5) is 0. The Labute approximate surface area is 134 Å². The Morgan fingerprint density at radius 2 is 1.62 bits per heavy atom. The van der Waals surface area contributed by atoms with Gasteiger partial charge in [0.15, 0.2) is 0 Å². The summed E-state index contributed by atoms with van der Waals surface area (Å²) in [6.07, 6.45) is 0.789. The van der Waals surface area contributed by atoms with Gasteiger partial charge in [-0.3, -0.25) is 0 Å². The maximum absolute atomic E-state index is 6.02. The van der Waals surface area contributed by atoms with Crippen LogP contribution in [0.25, 0.3) is 0 Å². The molecule has 0 aliphatic heterocycles. The molecule has 112 valence electrons. The summed E-state index contributed by atoms with van der Waals surface area (Å²) >= 11 is 11.9. The highest BCUT2D eigenvalue weighted by Crippen LogP contribution is 2.27. The van der Waals surface area contributed by atoms with Gasteiger partial charge in [-0.05, 0) is 36.7 Å². The molecule has 2 aromatic carbocycles. The van der Waals surface area contributed by atoms with Gasteiger partial charge in [0.1, 0.15) is 24.7 Å². The normalized spacial score (nSPS) is 10.4. The van der Waals surface area contributed by atoms with E-state index in [2.05, 4.69) is 0 Å². The molecule has 0 bridgehead atoms. The van der Waals surface area contributed by atoms with Crippen molar-refractivity contribution in [3.8, 4) is 11.5 Å². The van der Waals surface area contributed by atoms with Gasteiger partial charge in [0.2, 0.25) is 0 Å². The van der Waals surface area contributed by atoms with Gasteiger partial charge in [0.25, 0.3) is 0 Å². The van der Waals surface area contributed by atoms with Crippen LogP contribution in [0.1, 0.15) is 5.56 Å². The van der Waals surface area contributed by atoms with E-state index >= 15 is 0 Å². The predicted molar refractivity (Wildman–Crippen MR) is 86.7 cm³/mol. The first-order valence-corrected chi connectivity index (χ1v) is 7.45. The van der Waals surface area contributed by atoms with Crippen LogP contribution in [0.5, 0.6) is 11.5 Å². The van der Waals surface area contributed by atoms with Gasteiger partial charge in [-0.15, -0.1) is 0 Å². The third kappa shape index (κ3) is 4.81. The molecule has 21 heavy (non-hydrogen) atoms. The molecule has 0 spiro atoms. The van der Waals surface area contributed by atoms with Crippen molar-refractivity contribution in [3.05, 3.63) is 58.1 Å². The summed E-state index contributed by atoms with van der Waals surface area (Å²) in [5.41, 5.74) is 6.68. The van der Waals surface area contributed by atoms with E-state index in [4.69, 9.17) is 38.4 Å². The van der Waals surface area contributed by atoms with Gasteiger partial charge in [0, 0.05) is 11.1 Å². The van der Waals surface area contributed by atoms with E-state index in [1.807, 2.05) is 24.3 Å². The number of hydrogen-bond donors (Lipinski definition) is 1. The van der Waals surface area contributed by atoms with Gasteiger partial charge in [-0.1, -0.05) is 41.4 Å². The van der Waals surface area contributed by atoms with E-state index in [0.717, 1.165) is 17.7 Å². The van der Waals surface area contributed by atoms with Gasteiger partial charge in [-0.25, -0.2) is 0 Å². The average Bonchev–Trinajstić information content (AvgIpc) is 2.49. The van der Waals surface area contributed by atoms with Crippen LogP contribution in [-0.2, 0) is 6.42 Å². The van der Waals surface area contributed by atoms with Crippen LogP contribution in [0.3, 0.4) is 0 Å². The van der Waals surface area contributed by atoms with Crippen molar-refractivity contribution in [2.24, 2.45) is 5.73 Å². The molecule has 0 atom stereocenters. The van der Waals surface area contributed by atoms with Crippen molar-refractivity contribution in [1.29, 1.82) is 0 Å². The van der Waals surface area contributed by atoms with Crippen LogP contribution in [0, 0.1) is 0 Å². The molecule has 0 fully saturated rings. The zero-order valence-electron chi connectivity index (χ0n) is 11.5. The summed E-state index contributed by atoms with van der Waals surface area (Å²) in [6.45, 7) is 1.40. The van der Waals surface area contributed by atoms with E-state index in [9.17, 15) is 0 Å². The van der Waals surface area contributed by atoms with Crippen molar-refractivity contribution in [2.45, 2.75) is 6.42 Å². The lowest BCUT2D eigenvalue weighted by Gasteiger charge is -2.12. The fourth-order valence-electron chi connectivity index (χ4n) is 1.90. The Kier molecular flexibility index (Phi) is 6.18. The SMILES string of the molecule is NCCc1ccccc1OCCOc1cc(Cl)ccc1Cl. The number of hydrogen-bond acceptors (Lipinski definition) is 3. The van der Waals surface area contributed by atoms with E-state index in [1.54, 1.807) is 18.2 Å². The van der Waals surface area contributed by atoms with Crippen molar-refractivity contribution in [2.75, 3.05) is 19.8 Å². The molecule has 2 N–H and O–H groups in total. The van der Waals surface area contributed by atoms with E-state index in [-0.39, 0.29) is 0 Å². The zero-order chi connectivity index (χ0) is 15.1. The van der Waals surface area contributed by atoms with Crippen LogP contribution in [-0.4, -0.2) is 19.8 Å². The molecule has 0 aliphatic carbocycles. The number of nitrogens with two attached hydrogens (primary N) is 1. The Morgan fingerprint density at radius 3 is 2.38 bits per heavy atom. The molecule has 0 saturated carbocycles. The summed E-state index contributed by atoms with van der Waals surface area (Å²) in [6, 6.07) is 13.0. The van der Waals surface area contributed by atoms with Crippen molar-refractivity contribution < 1.29 is 9.47 Å². The first-order valence-electron chi connectivity index (χ1n) is 6.69. The fraction of sp³-hybridized carbons (Fsp3) is 0.250. The monoisotopic (exact) mass is 325 g/mol. The molecule has 0 aromatic heterocycles. The molecule has 0 radical (unpaired) electrons. The molecule has 2 rings (SSSR count). The van der Waals surface area contributed by atoms with Crippen LogP contribution in [0.15, 0.2) is 42.5 Å². The van der Waals surface area contributed by atoms with Gasteiger partial charge in [-0.2, -0.15) is 0 Å². The number of benzene rings is 2. The Bertz CT molecular complexity index is 590. The molecule has 0 aliphatic rings. The highest BCUT2D eigenvalue weighted by molar-refractivity contribution is 6.34. The number of ether oxygens (including phenoxy) is 2. The van der Waals surface area contributed by atoms with Crippen LogP contribution < -0.4 is 15.2 Å². The van der Waals surface area contributed by atoms with Crippen LogP contribution >= 0.6 is 23.2 Å². The molecule has 5 heteroatoms. The standard InChI is InChI=1S/C16H17Cl2NO2/c17-13-5-6-14(18)16(11-13)21-10-9-20-15-4-2-1-3-12(15)7-8-19/h1-6,11H,7-10,19H2. The summed E-state index contributed by atoms with van der Waals surface area (Å²) in [5.74, 6) is 1.40. The second-order valence-corrected chi connectivity index (χ2v) is 5.26. The van der Waals surface area contributed by atoms with E-state index in [1.165, 1.54) is 0 Å². The van der Waals surface area contributed by atoms with Gasteiger partial charge >= 0.3 is 0 Å². The average molecular weight is 326 g/mol. The lowest BCUT2D eigenvalue weighted by atomic mass is 10.1. The summed E-state index contributed by atoms with van der Waals surface area (Å²) < 4.78 is 11.3. The minimum Gasteiger partial charge on any atom is -0.490 e. The van der Waals surface area contributed by atoms with Crippen molar-refractivity contribution >= 4 is 23.2 Å². The number of para-hydroxylation sites is 1. The smallest absolute Gasteiger partial charge is 0.139 e. The number of rotatable bonds is 7. The first kappa shape index (κ1) is 16.0. The second-order valence-electron chi connectivity index (χ2n) is 4.42. The van der Waals surface area contributed by atoms with E-state index < -0.39 is 0 Å². The topological polar surface area (TPSA) is 44.5 Å². The quantitative estimate of drug-likeness (QED) is 0.784. The predicted octanol–water partition coefficient (Wildman–Crippen LogP) is 3.95. The molecule has 0 saturated heterocycles. The van der Waals surface area contributed by atoms with E-state index in [0.29, 0.717) is 35.6 Å². The first-order chi connectivity index (χ1) is 10.2. The van der Waals surface area contributed by atoms with Crippen molar-refractivity contribution in [3.63, 3.8) is 0 Å². The maximum Gasteiger partial charge on any atom is 0.139 e. The third-order valence-corrected chi connectivity index (χ3v) is 3.43. The number of halogens is 2. The lowest BCUT2D eigenvalue weighted by molar-refractivity contribution is 0.216. The molecule has 0 unspecified atom stereocenters. The molecular weight excluding hydrogens is 309 g/mol. The molecule has 0 amide bonds. The fourth-order valence-corrected chi connectivity index (χ4v) is 2.23.